The fourth-order valence-corrected chi connectivity index (χ4v) is 5.98. The molecule has 0 spiro atoms. The van der Waals surface area contributed by atoms with Crippen LogP contribution in [0.15, 0.2) is 87.8 Å². The molecule has 1 aromatic heterocycles. The predicted octanol–water partition coefficient (Wildman–Crippen LogP) is 4.01. The molecule has 4 aromatic rings. The van der Waals surface area contributed by atoms with Crippen molar-refractivity contribution >= 4 is 29.1 Å². The molecule has 1 atom stereocenters. The second-order valence-electron chi connectivity index (χ2n) is 9.67. The monoisotopic (exact) mass is 599 g/mol. The number of carbonyl (C=O) groups excluding carboxylic acids is 1. The third-order valence-electron chi connectivity index (χ3n) is 6.98. The summed E-state index contributed by atoms with van der Waals surface area (Å²) in [6, 6.07) is 17.9. The lowest BCUT2D eigenvalue weighted by molar-refractivity contribution is -0.384. The number of nitrogens with zero attached hydrogens (tertiary/aromatic N) is 3. The van der Waals surface area contributed by atoms with Gasteiger partial charge in [0.25, 0.3) is 11.2 Å². The van der Waals surface area contributed by atoms with Crippen LogP contribution >= 0.6 is 11.3 Å². The molecule has 3 heterocycles. The maximum atomic E-state index is 14.0. The molecule has 3 aromatic carbocycles. The van der Waals surface area contributed by atoms with E-state index in [0.29, 0.717) is 43.4 Å². The van der Waals surface area contributed by atoms with Gasteiger partial charge in [-0.2, -0.15) is 0 Å². The number of para-hydroxylation sites is 1. The van der Waals surface area contributed by atoms with Gasteiger partial charge in [0.1, 0.15) is 12.4 Å². The summed E-state index contributed by atoms with van der Waals surface area (Å²) in [6.07, 6.45) is 1.73. The number of thiazole rings is 1. The molecule has 0 radical (unpaired) electrons. The van der Waals surface area contributed by atoms with Crippen molar-refractivity contribution in [3.8, 4) is 17.2 Å². The summed E-state index contributed by atoms with van der Waals surface area (Å²) >= 11 is 1.21. The Bertz CT molecular complexity index is 1960. The molecule has 0 bridgehead atoms. The number of nitro benzene ring substituents is 1. The number of fused-ring (bicyclic) bond motifs is 2. The van der Waals surface area contributed by atoms with E-state index in [0.717, 1.165) is 5.56 Å². The van der Waals surface area contributed by atoms with E-state index in [1.807, 2.05) is 18.2 Å². The summed E-state index contributed by atoms with van der Waals surface area (Å²) in [5, 5.41) is 11.0. The maximum Gasteiger partial charge on any atom is 0.338 e. The van der Waals surface area contributed by atoms with Gasteiger partial charge in [-0.15, -0.1) is 0 Å². The van der Waals surface area contributed by atoms with Crippen molar-refractivity contribution in [2.24, 2.45) is 4.99 Å². The highest BCUT2D eigenvalue weighted by Gasteiger charge is 2.34. The molecule has 11 nitrogen and oxygen atoms in total. The van der Waals surface area contributed by atoms with Crippen LogP contribution in [-0.2, 0) is 16.1 Å². The van der Waals surface area contributed by atoms with Gasteiger partial charge < -0.3 is 18.9 Å². The van der Waals surface area contributed by atoms with Gasteiger partial charge >= 0.3 is 5.97 Å². The highest BCUT2D eigenvalue weighted by molar-refractivity contribution is 7.07. The molecule has 0 aliphatic carbocycles. The number of hydrogen-bond donors (Lipinski definition) is 0. The predicted molar refractivity (Wildman–Crippen MR) is 157 cm³/mol. The number of ether oxygens (including phenoxy) is 4. The second kappa shape index (κ2) is 11.6. The summed E-state index contributed by atoms with van der Waals surface area (Å²) in [5.74, 6) is 1.09. The summed E-state index contributed by atoms with van der Waals surface area (Å²) < 4.78 is 24.3. The van der Waals surface area contributed by atoms with Gasteiger partial charge in [-0.05, 0) is 61.4 Å². The van der Waals surface area contributed by atoms with Crippen molar-refractivity contribution in [2.75, 3.05) is 13.4 Å². The minimum atomic E-state index is -0.791. The summed E-state index contributed by atoms with van der Waals surface area (Å²) in [5.41, 5.74) is 2.47. The standard InChI is InChI=1S/C31H25N3O8S/c1-3-39-30(36)27-18(2)32-31-33(28(27)21-10-13-24-25(14-21)42-17-41-24)29(35)26(43-31)15-20-6-4-5-7-23(20)40-16-19-8-11-22(12-9-19)34(37)38/h4-15,28H,3,16-17H2,1-2H3/b26-15-/t28-/m1/s1. The van der Waals surface area contributed by atoms with Crippen LogP contribution in [0.25, 0.3) is 6.08 Å². The summed E-state index contributed by atoms with van der Waals surface area (Å²) in [7, 11) is 0. The van der Waals surface area contributed by atoms with E-state index in [4.69, 9.17) is 18.9 Å². The van der Waals surface area contributed by atoms with Crippen molar-refractivity contribution < 1.29 is 28.7 Å². The van der Waals surface area contributed by atoms with Crippen molar-refractivity contribution in [3.63, 3.8) is 0 Å². The molecule has 43 heavy (non-hydrogen) atoms. The van der Waals surface area contributed by atoms with E-state index < -0.39 is 16.9 Å². The van der Waals surface area contributed by atoms with Crippen molar-refractivity contribution in [3.05, 3.63) is 124 Å². The van der Waals surface area contributed by atoms with Crippen molar-refractivity contribution in [2.45, 2.75) is 26.5 Å². The molecule has 0 amide bonds. The van der Waals surface area contributed by atoms with E-state index in [-0.39, 0.29) is 36.8 Å². The lowest BCUT2D eigenvalue weighted by atomic mass is 9.95. The van der Waals surface area contributed by atoms with Crippen LogP contribution in [-0.4, -0.2) is 28.9 Å². The summed E-state index contributed by atoms with van der Waals surface area (Å²) in [6.45, 7) is 3.89. The van der Waals surface area contributed by atoms with Crippen molar-refractivity contribution in [1.82, 2.24) is 4.57 Å². The Morgan fingerprint density at radius 3 is 2.67 bits per heavy atom. The number of rotatable bonds is 8. The molecule has 0 saturated carbocycles. The van der Waals surface area contributed by atoms with Crippen LogP contribution in [0.4, 0.5) is 5.69 Å². The normalized spacial score (nSPS) is 15.6. The quantitative estimate of drug-likeness (QED) is 0.169. The molecule has 2 aliphatic heterocycles. The minimum absolute atomic E-state index is 0.0000668. The molecule has 12 heteroatoms. The van der Waals surface area contributed by atoms with Crippen molar-refractivity contribution in [1.29, 1.82) is 0 Å². The zero-order chi connectivity index (χ0) is 30.1. The molecule has 6 rings (SSSR count). The van der Waals surface area contributed by atoms with Crippen LogP contribution in [0.3, 0.4) is 0 Å². The van der Waals surface area contributed by atoms with Gasteiger partial charge in [0.05, 0.1) is 33.4 Å². The largest absolute Gasteiger partial charge is 0.488 e. The number of non-ortho nitro benzene ring substituents is 1. The third kappa shape index (κ3) is 5.40. The molecule has 0 unspecified atom stereocenters. The van der Waals surface area contributed by atoms with E-state index >= 15 is 0 Å². The van der Waals surface area contributed by atoms with Gasteiger partial charge in [-0.1, -0.05) is 35.6 Å². The Labute approximate surface area is 248 Å². The number of esters is 1. The summed E-state index contributed by atoms with van der Waals surface area (Å²) in [4.78, 5) is 42.7. The van der Waals surface area contributed by atoms with Gasteiger partial charge in [-0.25, -0.2) is 9.79 Å². The Morgan fingerprint density at radius 1 is 1.14 bits per heavy atom. The van der Waals surface area contributed by atoms with Crippen LogP contribution in [0.2, 0.25) is 0 Å². The molecule has 0 N–H and O–H groups in total. The van der Waals surface area contributed by atoms with E-state index in [1.54, 1.807) is 56.3 Å². The Morgan fingerprint density at radius 2 is 1.91 bits per heavy atom. The zero-order valence-electron chi connectivity index (χ0n) is 23.1. The fraction of sp³-hybridized carbons (Fsp3) is 0.194. The average molecular weight is 600 g/mol. The molecular formula is C31H25N3O8S. The lowest BCUT2D eigenvalue weighted by Crippen LogP contribution is -2.39. The lowest BCUT2D eigenvalue weighted by Gasteiger charge is -2.24. The number of carbonyl (C=O) groups is 1. The fourth-order valence-electron chi connectivity index (χ4n) is 4.94. The zero-order valence-corrected chi connectivity index (χ0v) is 24.0. The molecular weight excluding hydrogens is 574 g/mol. The Hall–Kier alpha value is -5.23. The van der Waals surface area contributed by atoms with Crippen LogP contribution in [0.5, 0.6) is 17.2 Å². The maximum absolute atomic E-state index is 14.0. The number of hydrogen-bond acceptors (Lipinski definition) is 10. The highest BCUT2D eigenvalue weighted by Crippen LogP contribution is 2.38. The first-order valence-electron chi connectivity index (χ1n) is 13.4. The van der Waals surface area contributed by atoms with Gasteiger partial charge in [0, 0.05) is 17.7 Å². The molecule has 218 valence electrons. The van der Waals surface area contributed by atoms with Crippen LogP contribution < -0.4 is 29.1 Å². The number of allylic oxidation sites excluding steroid dienone is 1. The number of aromatic nitrogens is 1. The van der Waals surface area contributed by atoms with Crippen LogP contribution in [0.1, 0.15) is 36.6 Å². The first kappa shape index (κ1) is 27.9. The molecule has 0 saturated heterocycles. The minimum Gasteiger partial charge on any atom is -0.488 e. The van der Waals surface area contributed by atoms with Gasteiger partial charge in [0.15, 0.2) is 16.3 Å². The SMILES string of the molecule is CCOC(=O)C1=C(C)N=c2s/c(=C\c3ccccc3OCc3ccc([N+](=O)[O-])cc3)c(=O)n2[C@@H]1c1ccc2c(c1)OCO2. The first-order valence-corrected chi connectivity index (χ1v) is 14.2. The van der Waals surface area contributed by atoms with E-state index in [9.17, 15) is 19.7 Å². The van der Waals surface area contributed by atoms with E-state index in [1.165, 1.54) is 28.0 Å². The highest BCUT2D eigenvalue weighted by atomic mass is 32.1. The first-order chi connectivity index (χ1) is 20.8. The topological polar surface area (TPSA) is 131 Å². The Kier molecular flexibility index (Phi) is 7.51. The third-order valence-corrected chi connectivity index (χ3v) is 7.96. The van der Waals surface area contributed by atoms with Gasteiger partial charge in [-0.3, -0.25) is 19.5 Å². The average Bonchev–Trinajstić information content (AvgIpc) is 3.59. The number of nitro groups is 1. The second-order valence-corrected chi connectivity index (χ2v) is 10.7. The molecule has 0 fully saturated rings. The number of benzene rings is 3. The molecule has 2 aliphatic rings. The van der Waals surface area contributed by atoms with E-state index in [2.05, 4.69) is 4.99 Å². The smallest absolute Gasteiger partial charge is 0.338 e. The van der Waals surface area contributed by atoms with Crippen LogP contribution in [0, 0.1) is 10.1 Å². The Balaban J connectivity index is 1.40. The van der Waals surface area contributed by atoms with Gasteiger partial charge in [0.2, 0.25) is 6.79 Å².